The molecule has 1 atom stereocenters. The highest BCUT2D eigenvalue weighted by Gasteiger charge is 2.20. The van der Waals surface area contributed by atoms with Crippen LogP contribution in [0.25, 0.3) is 0 Å². The zero-order valence-corrected chi connectivity index (χ0v) is 12.4. The minimum absolute atomic E-state index is 0.286. The largest absolute Gasteiger partial charge is 0.496 e. The zero-order valence-electron chi connectivity index (χ0n) is 12.4. The average molecular weight is 291 g/mol. The van der Waals surface area contributed by atoms with Gasteiger partial charge in [-0.2, -0.15) is 0 Å². The van der Waals surface area contributed by atoms with Gasteiger partial charge in [-0.3, -0.25) is 0 Å². The Hall–Kier alpha value is -1.94. The van der Waals surface area contributed by atoms with Crippen molar-refractivity contribution in [3.05, 3.63) is 64.7 Å². The van der Waals surface area contributed by atoms with Crippen LogP contribution in [-0.2, 0) is 6.42 Å². The summed E-state index contributed by atoms with van der Waals surface area (Å²) < 4.78 is 32.8. The molecule has 0 radical (unpaired) electrons. The SMILES string of the molecule is CNC(Cc1cc(F)ccc1C)c1c(F)cccc1OC. The zero-order chi connectivity index (χ0) is 15.4. The van der Waals surface area contributed by atoms with Crippen molar-refractivity contribution >= 4 is 0 Å². The van der Waals surface area contributed by atoms with Crippen LogP contribution in [0.15, 0.2) is 36.4 Å². The number of ether oxygens (including phenoxy) is 1. The van der Waals surface area contributed by atoms with Gasteiger partial charge in [-0.25, -0.2) is 8.78 Å². The molecule has 112 valence electrons. The smallest absolute Gasteiger partial charge is 0.131 e. The first-order chi connectivity index (χ1) is 10.1. The highest BCUT2D eigenvalue weighted by Crippen LogP contribution is 2.30. The number of nitrogens with one attached hydrogen (secondary N) is 1. The molecule has 0 saturated heterocycles. The Morgan fingerprint density at radius 1 is 1.19 bits per heavy atom. The summed E-state index contributed by atoms with van der Waals surface area (Å²) >= 11 is 0. The fourth-order valence-electron chi connectivity index (χ4n) is 2.46. The van der Waals surface area contributed by atoms with Gasteiger partial charge >= 0.3 is 0 Å². The number of aryl methyl sites for hydroxylation is 1. The number of hydrogen-bond donors (Lipinski definition) is 1. The van der Waals surface area contributed by atoms with E-state index in [9.17, 15) is 8.78 Å². The molecule has 0 aliphatic rings. The molecule has 0 aromatic heterocycles. The standard InChI is InChI=1S/C17H19F2NO/c1-11-7-8-13(18)9-12(11)10-15(20-2)17-14(19)5-4-6-16(17)21-3/h4-9,15,20H,10H2,1-3H3. The number of methoxy groups -OCH3 is 1. The first kappa shape index (κ1) is 15.4. The van der Waals surface area contributed by atoms with Crippen LogP contribution < -0.4 is 10.1 Å². The molecule has 0 bridgehead atoms. The summed E-state index contributed by atoms with van der Waals surface area (Å²) in [4.78, 5) is 0. The quantitative estimate of drug-likeness (QED) is 0.905. The number of halogens is 2. The summed E-state index contributed by atoms with van der Waals surface area (Å²) in [7, 11) is 3.27. The van der Waals surface area contributed by atoms with Crippen LogP contribution in [0.2, 0.25) is 0 Å². The Morgan fingerprint density at radius 2 is 1.95 bits per heavy atom. The van der Waals surface area contributed by atoms with E-state index < -0.39 is 0 Å². The lowest BCUT2D eigenvalue weighted by molar-refractivity contribution is 0.393. The maximum Gasteiger partial charge on any atom is 0.131 e. The predicted molar refractivity (Wildman–Crippen MR) is 79.6 cm³/mol. The summed E-state index contributed by atoms with van der Waals surface area (Å²) in [6.07, 6.45) is 0.484. The molecule has 1 unspecified atom stereocenters. The highest BCUT2D eigenvalue weighted by atomic mass is 19.1. The van der Waals surface area contributed by atoms with E-state index in [1.165, 1.54) is 25.3 Å². The molecule has 2 aromatic rings. The summed E-state index contributed by atoms with van der Waals surface area (Å²) in [5.74, 6) is -0.128. The lowest BCUT2D eigenvalue weighted by atomic mass is 9.95. The maximum absolute atomic E-state index is 14.2. The summed E-state index contributed by atoms with van der Waals surface area (Å²) in [6.45, 7) is 1.92. The third-order valence-electron chi connectivity index (χ3n) is 3.66. The Labute approximate surface area is 123 Å². The van der Waals surface area contributed by atoms with Gasteiger partial charge < -0.3 is 10.1 Å². The fourth-order valence-corrected chi connectivity index (χ4v) is 2.46. The normalized spacial score (nSPS) is 12.2. The Morgan fingerprint density at radius 3 is 2.62 bits per heavy atom. The topological polar surface area (TPSA) is 21.3 Å². The lowest BCUT2D eigenvalue weighted by Gasteiger charge is -2.21. The molecule has 0 aliphatic carbocycles. The van der Waals surface area contributed by atoms with Gasteiger partial charge in [0.15, 0.2) is 0 Å². The highest BCUT2D eigenvalue weighted by molar-refractivity contribution is 5.39. The van der Waals surface area contributed by atoms with Crippen LogP contribution >= 0.6 is 0 Å². The van der Waals surface area contributed by atoms with Crippen LogP contribution in [0.1, 0.15) is 22.7 Å². The van der Waals surface area contributed by atoms with Crippen LogP contribution in [0.4, 0.5) is 8.78 Å². The van der Waals surface area contributed by atoms with Crippen molar-refractivity contribution in [3.63, 3.8) is 0 Å². The summed E-state index contributed by atoms with van der Waals surface area (Å²) in [5, 5.41) is 3.09. The van der Waals surface area contributed by atoms with Crippen molar-refractivity contribution < 1.29 is 13.5 Å². The van der Waals surface area contributed by atoms with Crippen molar-refractivity contribution in [2.45, 2.75) is 19.4 Å². The number of benzene rings is 2. The van der Waals surface area contributed by atoms with Crippen molar-refractivity contribution in [3.8, 4) is 5.75 Å². The molecule has 0 spiro atoms. The van der Waals surface area contributed by atoms with E-state index in [0.717, 1.165) is 11.1 Å². The number of rotatable bonds is 5. The molecular weight excluding hydrogens is 272 g/mol. The van der Waals surface area contributed by atoms with Gasteiger partial charge in [-0.15, -0.1) is 0 Å². The number of hydrogen-bond acceptors (Lipinski definition) is 2. The van der Waals surface area contributed by atoms with Gasteiger partial charge in [0.2, 0.25) is 0 Å². The Bertz CT molecular complexity index is 628. The van der Waals surface area contributed by atoms with Gasteiger partial charge in [-0.1, -0.05) is 12.1 Å². The van der Waals surface area contributed by atoms with Gasteiger partial charge in [0, 0.05) is 11.6 Å². The van der Waals surface area contributed by atoms with E-state index in [2.05, 4.69) is 5.32 Å². The van der Waals surface area contributed by atoms with Crippen molar-refractivity contribution in [1.82, 2.24) is 5.32 Å². The molecule has 2 nitrogen and oxygen atoms in total. The second kappa shape index (κ2) is 6.68. The molecule has 21 heavy (non-hydrogen) atoms. The fraction of sp³-hybridized carbons (Fsp3) is 0.294. The molecular formula is C17H19F2NO. The van der Waals surface area contributed by atoms with Crippen LogP contribution in [0.3, 0.4) is 0 Å². The van der Waals surface area contributed by atoms with E-state index in [1.807, 2.05) is 6.92 Å². The van der Waals surface area contributed by atoms with Gasteiger partial charge in [0.1, 0.15) is 17.4 Å². The second-order valence-electron chi connectivity index (χ2n) is 4.97. The van der Waals surface area contributed by atoms with Gasteiger partial charge in [0.05, 0.1) is 7.11 Å². The van der Waals surface area contributed by atoms with Gasteiger partial charge in [0.25, 0.3) is 0 Å². The van der Waals surface area contributed by atoms with E-state index >= 15 is 0 Å². The van der Waals surface area contributed by atoms with E-state index in [-0.39, 0.29) is 17.7 Å². The molecule has 1 N–H and O–H groups in total. The molecule has 0 saturated carbocycles. The second-order valence-corrected chi connectivity index (χ2v) is 4.97. The average Bonchev–Trinajstić information content (AvgIpc) is 2.48. The predicted octanol–water partition coefficient (Wildman–Crippen LogP) is 3.79. The first-order valence-electron chi connectivity index (χ1n) is 6.81. The summed E-state index contributed by atoms with van der Waals surface area (Å²) in [5.41, 5.74) is 2.29. The minimum Gasteiger partial charge on any atom is -0.496 e. The van der Waals surface area contributed by atoms with Crippen molar-refractivity contribution in [2.24, 2.45) is 0 Å². The van der Waals surface area contributed by atoms with Gasteiger partial charge in [-0.05, 0) is 55.8 Å². The Balaban J connectivity index is 2.39. The summed E-state index contributed by atoms with van der Waals surface area (Å²) in [6, 6.07) is 9.10. The lowest BCUT2D eigenvalue weighted by Crippen LogP contribution is -2.21. The minimum atomic E-state index is -0.331. The van der Waals surface area contributed by atoms with Crippen LogP contribution in [-0.4, -0.2) is 14.2 Å². The van der Waals surface area contributed by atoms with Crippen LogP contribution in [0, 0.1) is 18.6 Å². The molecule has 2 aromatic carbocycles. The van der Waals surface area contributed by atoms with Crippen LogP contribution in [0.5, 0.6) is 5.75 Å². The molecule has 2 rings (SSSR count). The molecule has 0 aliphatic heterocycles. The van der Waals surface area contributed by atoms with E-state index in [0.29, 0.717) is 17.7 Å². The van der Waals surface area contributed by atoms with Crippen molar-refractivity contribution in [2.75, 3.05) is 14.2 Å². The Kier molecular flexibility index (Phi) is 4.91. The first-order valence-corrected chi connectivity index (χ1v) is 6.81. The van der Waals surface area contributed by atoms with E-state index in [1.54, 1.807) is 25.2 Å². The number of likely N-dealkylation sites (N-methyl/N-ethyl adjacent to an activating group) is 1. The molecule has 0 amide bonds. The monoisotopic (exact) mass is 291 g/mol. The maximum atomic E-state index is 14.2. The van der Waals surface area contributed by atoms with E-state index in [4.69, 9.17) is 4.74 Å². The molecule has 4 heteroatoms. The third kappa shape index (κ3) is 3.39. The molecule has 0 heterocycles. The third-order valence-corrected chi connectivity index (χ3v) is 3.66. The molecule has 0 fully saturated rings. The van der Waals surface area contributed by atoms with Crippen molar-refractivity contribution in [1.29, 1.82) is 0 Å².